The van der Waals surface area contributed by atoms with E-state index >= 15 is 0 Å². The molecule has 0 bridgehead atoms. The number of rotatable bonds is 10. The first-order valence-corrected chi connectivity index (χ1v) is 16.1. The minimum atomic E-state index is -3.89. The summed E-state index contributed by atoms with van der Waals surface area (Å²) in [4.78, 5) is 64.7. The highest BCUT2D eigenvalue weighted by molar-refractivity contribution is 7.91. The number of ether oxygens (including phenoxy) is 2. The second-order valence-corrected chi connectivity index (χ2v) is 13.1. The number of amides is 4. The highest BCUT2D eigenvalue weighted by atomic mass is 32.2. The monoisotopic (exact) mass is 666 g/mol. The SMILES string of the molecule is CCS(=O)(=O)c1ccc(NC(=O)OC)cc1[C@H]1[C@@H](C=O)CCN1C(=O)[C@@H](Nc1ccc2c(c1)C(=O)NC2=O)c1ccc(F)c(OC)c1. The third-order valence-electron chi connectivity index (χ3n) is 8.18. The zero-order valence-electron chi connectivity index (χ0n) is 25.5. The molecular formula is C32H31FN4O9S. The lowest BCUT2D eigenvalue weighted by Gasteiger charge is -2.32. The van der Waals surface area contributed by atoms with E-state index in [0.717, 1.165) is 13.2 Å². The van der Waals surface area contributed by atoms with E-state index in [9.17, 15) is 36.8 Å². The molecule has 2 heterocycles. The average Bonchev–Trinajstić information content (AvgIpc) is 3.63. The van der Waals surface area contributed by atoms with Gasteiger partial charge in [-0.25, -0.2) is 17.6 Å². The fourth-order valence-corrected chi connectivity index (χ4v) is 6.93. The van der Waals surface area contributed by atoms with Gasteiger partial charge in [0.25, 0.3) is 11.8 Å². The highest BCUT2D eigenvalue weighted by Crippen LogP contribution is 2.42. The van der Waals surface area contributed by atoms with Crippen molar-refractivity contribution < 1.29 is 46.3 Å². The largest absolute Gasteiger partial charge is 0.494 e. The number of likely N-dealkylation sites (tertiary alicyclic amines) is 1. The van der Waals surface area contributed by atoms with E-state index in [0.29, 0.717) is 6.29 Å². The maximum absolute atomic E-state index is 14.6. The number of hydrogen-bond acceptors (Lipinski definition) is 10. The molecule has 0 aliphatic carbocycles. The fraction of sp³-hybridized carbons (Fsp3) is 0.281. The van der Waals surface area contributed by atoms with E-state index in [2.05, 4.69) is 20.7 Å². The number of anilines is 2. The maximum Gasteiger partial charge on any atom is 0.411 e. The normalized spacial score (nSPS) is 17.8. The van der Waals surface area contributed by atoms with Crippen LogP contribution in [0.2, 0.25) is 0 Å². The second kappa shape index (κ2) is 13.2. The van der Waals surface area contributed by atoms with Gasteiger partial charge in [-0.1, -0.05) is 13.0 Å². The standard InChI is InChI=1S/C32H31FN4O9S/c1-4-47(43,44)26-10-7-20(35-32(42)46-3)15-23(26)28-18(16-38)11-12-37(28)31(41)27(17-5-9-24(33)25(13-17)45-2)34-19-6-8-21-22(14-19)30(40)36-29(21)39/h5-10,13-16,18,27-28,34H,4,11-12H2,1-3H3,(H,35,42)(H,36,39,40)/t18-,27+,28-/m1/s1. The van der Waals surface area contributed by atoms with Gasteiger partial charge in [-0.05, 0) is 66.1 Å². The van der Waals surface area contributed by atoms with Crippen LogP contribution in [0.5, 0.6) is 5.75 Å². The molecule has 0 unspecified atom stereocenters. The van der Waals surface area contributed by atoms with E-state index in [1.807, 2.05) is 0 Å². The highest BCUT2D eigenvalue weighted by Gasteiger charge is 2.43. The number of methoxy groups -OCH3 is 2. The number of hydrogen-bond donors (Lipinski definition) is 3. The van der Waals surface area contributed by atoms with Crippen LogP contribution in [0.3, 0.4) is 0 Å². The molecule has 1 fully saturated rings. The number of fused-ring (bicyclic) bond motifs is 1. The Balaban J connectivity index is 1.63. The Bertz CT molecular complexity index is 1900. The smallest absolute Gasteiger partial charge is 0.411 e. The molecule has 2 aliphatic rings. The fourth-order valence-electron chi connectivity index (χ4n) is 5.80. The molecule has 3 N–H and O–H groups in total. The molecule has 0 radical (unpaired) electrons. The summed E-state index contributed by atoms with van der Waals surface area (Å²) < 4.78 is 50.8. The second-order valence-electron chi connectivity index (χ2n) is 10.9. The Morgan fingerprint density at radius 3 is 2.45 bits per heavy atom. The zero-order chi connectivity index (χ0) is 34.0. The topological polar surface area (TPSA) is 177 Å². The summed E-state index contributed by atoms with van der Waals surface area (Å²) >= 11 is 0. The number of benzene rings is 3. The van der Waals surface area contributed by atoms with Gasteiger partial charge in [-0.3, -0.25) is 25.0 Å². The summed E-state index contributed by atoms with van der Waals surface area (Å²) in [5, 5.41) is 7.77. The summed E-state index contributed by atoms with van der Waals surface area (Å²) in [7, 11) is -1.46. The molecular weight excluding hydrogens is 635 g/mol. The molecule has 3 aromatic carbocycles. The number of carbonyl (C=O) groups is 5. The molecule has 3 atom stereocenters. The Labute approximate surface area is 269 Å². The van der Waals surface area contributed by atoms with Gasteiger partial charge in [0.1, 0.15) is 12.3 Å². The van der Waals surface area contributed by atoms with Crippen molar-refractivity contribution in [3.8, 4) is 5.75 Å². The van der Waals surface area contributed by atoms with Crippen molar-refractivity contribution >= 4 is 51.3 Å². The van der Waals surface area contributed by atoms with Gasteiger partial charge in [-0.2, -0.15) is 0 Å². The van der Waals surface area contributed by atoms with E-state index in [4.69, 9.17) is 4.74 Å². The molecule has 0 aromatic heterocycles. The minimum absolute atomic E-state index is 0.0464. The first kappa shape index (κ1) is 33.1. The van der Waals surface area contributed by atoms with E-state index in [1.54, 1.807) is 0 Å². The van der Waals surface area contributed by atoms with Crippen LogP contribution < -0.4 is 20.7 Å². The summed E-state index contributed by atoms with van der Waals surface area (Å²) in [5.41, 5.74) is 1.07. The van der Waals surface area contributed by atoms with Crippen molar-refractivity contribution in [2.45, 2.75) is 30.3 Å². The first-order valence-electron chi connectivity index (χ1n) is 14.5. The zero-order valence-corrected chi connectivity index (χ0v) is 26.4. The summed E-state index contributed by atoms with van der Waals surface area (Å²) in [6.45, 7) is 1.51. The lowest BCUT2D eigenvalue weighted by atomic mass is 9.93. The molecule has 0 spiro atoms. The first-order chi connectivity index (χ1) is 22.4. The van der Waals surface area contributed by atoms with Crippen LogP contribution in [0.25, 0.3) is 0 Å². The van der Waals surface area contributed by atoms with Crippen LogP contribution in [0.1, 0.15) is 57.3 Å². The number of nitrogens with zero attached hydrogens (tertiary/aromatic N) is 1. The summed E-state index contributed by atoms with van der Waals surface area (Å²) in [6.07, 6.45) is 0.0357. The minimum Gasteiger partial charge on any atom is -0.494 e. The quantitative estimate of drug-likeness (QED) is 0.214. The Hall–Kier alpha value is -5.31. The number of carbonyl (C=O) groups excluding carboxylic acids is 5. The van der Waals surface area contributed by atoms with Gasteiger partial charge >= 0.3 is 6.09 Å². The van der Waals surface area contributed by atoms with Crippen molar-refractivity contribution in [2.24, 2.45) is 5.92 Å². The number of nitrogens with one attached hydrogen (secondary N) is 3. The molecule has 246 valence electrons. The van der Waals surface area contributed by atoms with Gasteiger partial charge in [-0.15, -0.1) is 0 Å². The predicted molar refractivity (Wildman–Crippen MR) is 166 cm³/mol. The third-order valence-corrected chi connectivity index (χ3v) is 9.98. The van der Waals surface area contributed by atoms with E-state index < -0.39 is 57.5 Å². The molecule has 2 aliphatic heterocycles. The number of sulfone groups is 1. The molecule has 5 rings (SSSR count). The van der Waals surface area contributed by atoms with Gasteiger partial charge in [0, 0.05) is 23.8 Å². The molecule has 4 amide bonds. The van der Waals surface area contributed by atoms with Gasteiger partial charge in [0.05, 0.1) is 42.0 Å². The number of halogens is 1. The van der Waals surface area contributed by atoms with Crippen molar-refractivity contribution in [3.63, 3.8) is 0 Å². The van der Waals surface area contributed by atoms with Crippen LogP contribution in [0.15, 0.2) is 59.5 Å². The molecule has 0 saturated carbocycles. The van der Waals surface area contributed by atoms with E-state index in [1.165, 1.54) is 67.5 Å². The number of imide groups is 1. The predicted octanol–water partition coefficient (Wildman–Crippen LogP) is 3.63. The Morgan fingerprint density at radius 1 is 1.04 bits per heavy atom. The van der Waals surface area contributed by atoms with Crippen LogP contribution in [0, 0.1) is 11.7 Å². The summed E-state index contributed by atoms with van der Waals surface area (Å²) in [6, 6.07) is 9.88. The Morgan fingerprint density at radius 2 is 1.77 bits per heavy atom. The molecule has 47 heavy (non-hydrogen) atoms. The van der Waals surface area contributed by atoms with Crippen LogP contribution >= 0.6 is 0 Å². The van der Waals surface area contributed by atoms with Crippen LogP contribution in [0.4, 0.5) is 20.6 Å². The summed E-state index contributed by atoms with van der Waals surface area (Å²) in [5.74, 6) is -3.71. The van der Waals surface area contributed by atoms with Crippen molar-refractivity contribution in [3.05, 3.63) is 82.7 Å². The molecule has 1 saturated heterocycles. The lowest BCUT2D eigenvalue weighted by Crippen LogP contribution is -2.39. The van der Waals surface area contributed by atoms with Crippen molar-refractivity contribution in [1.29, 1.82) is 0 Å². The van der Waals surface area contributed by atoms with Crippen molar-refractivity contribution in [1.82, 2.24) is 10.2 Å². The van der Waals surface area contributed by atoms with Crippen LogP contribution in [-0.2, 0) is 24.2 Å². The third kappa shape index (κ3) is 6.38. The number of aldehydes is 1. The van der Waals surface area contributed by atoms with Gasteiger partial charge in [0.15, 0.2) is 21.4 Å². The van der Waals surface area contributed by atoms with Gasteiger partial charge < -0.3 is 24.5 Å². The average molecular weight is 667 g/mol. The molecule has 3 aromatic rings. The van der Waals surface area contributed by atoms with E-state index in [-0.39, 0.29) is 63.0 Å². The van der Waals surface area contributed by atoms with Crippen LogP contribution in [-0.4, -0.2) is 69.9 Å². The molecule has 15 heteroatoms. The maximum atomic E-state index is 14.6. The van der Waals surface area contributed by atoms with Gasteiger partial charge in [0.2, 0.25) is 5.91 Å². The van der Waals surface area contributed by atoms with Crippen molar-refractivity contribution in [2.75, 3.05) is 37.2 Å². The Kier molecular flexibility index (Phi) is 9.28. The molecule has 13 nitrogen and oxygen atoms in total. The lowest BCUT2D eigenvalue weighted by molar-refractivity contribution is -0.133.